The molecular formula is C15H30N2O2. The van der Waals surface area contributed by atoms with Crippen LogP contribution in [0.5, 0.6) is 0 Å². The Morgan fingerprint density at radius 2 is 1.58 bits per heavy atom. The second-order valence-electron chi connectivity index (χ2n) is 6.67. The van der Waals surface area contributed by atoms with Gasteiger partial charge in [0.1, 0.15) is 0 Å². The summed E-state index contributed by atoms with van der Waals surface area (Å²) in [6.45, 7) is 13.4. The van der Waals surface area contributed by atoms with Crippen LogP contribution in [0.15, 0.2) is 0 Å². The smallest absolute Gasteiger partial charge is 0.306 e. The minimum atomic E-state index is -0.104. The number of ether oxygens (including phenoxy) is 1. The van der Waals surface area contributed by atoms with Crippen molar-refractivity contribution in [3.63, 3.8) is 0 Å². The molecule has 4 heteroatoms. The van der Waals surface area contributed by atoms with Crippen molar-refractivity contribution in [3.8, 4) is 0 Å². The van der Waals surface area contributed by atoms with Gasteiger partial charge in [-0.3, -0.25) is 4.79 Å². The Labute approximate surface area is 118 Å². The first kappa shape index (κ1) is 16.4. The highest BCUT2D eigenvalue weighted by Crippen LogP contribution is 2.20. The summed E-state index contributed by atoms with van der Waals surface area (Å²) >= 11 is 0. The average Bonchev–Trinajstić information content (AvgIpc) is 2.36. The minimum Gasteiger partial charge on any atom is -0.469 e. The summed E-state index contributed by atoms with van der Waals surface area (Å²) in [5, 5.41) is 0. The predicted molar refractivity (Wildman–Crippen MR) is 78.2 cm³/mol. The van der Waals surface area contributed by atoms with Gasteiger partial charge in [0, 0.05) is 32.7 Å². The highest BCUT2D eigenvalue weighted by molar-refractivity contribution is 5.69. The molecule has 0 aromatic rings. The van der Waals surface area contributed by atoms with Gasteiger partial charge in [0.15, 0.2) is 0 Å². The van der Waals surface area contributed by atoms with Gasteiger partial charge in [-0.25, -0.2) is 0 Å². The zero-order valence-corrected chi connectivity index (χ0v) is 13.1. The van der Waals surface area contributed by atoms with Crippen molar-refractivity contribution in [1.82, 2.24) is 9.80 Å². The monoisotopic (exact) mass is 270 g/mol. The summed E-state index contributed by atoms with van der Waals surface area (Å²) in [4.78, 5) is 16.0. The van der Waals surface area contributed by atoms with Crippen LogP contribution < -0.4 is 0 Å². The number of hydrogen-bond acceptors (Lipinski definition) is 4. The molecule has 1 aliphatic rings. The predicted octanol–water partition coefficient (Wildman–Crippen LogP) is 1.99. The van der Waals surface area contributed by atoms with E-state index in [1.165, 1.54) is 26.5 Å². The van der Waals surface area contributed by atoms with Gasteiger partial charge in [-0.05, 0) is 24.8 Å². The summed E-state index contributed by atoms with van der Waals surface area (Å²) in [5.74, 6) is -0.104. The molecule has 0 spiro atoms. The van der Waals surface area contributed by atoms with E-state index in [-0.39, 0.29) is 5.97 Å². The Kier molecular flexibility index (Phi) is 6.80. The molecule has 1 saturated heterocycles. The molecule has 0 radical (unpaired) electrons. The van der Waals surface area contributed by atoms with Crippen molar-refractivity contribution < 1.29 is 9.53 Å². The van der Waals surface area contributed by atoms with E-state index in [2.05, 4.69) is 35.3 Å². The lowest BCUT2D eigenvalue weighted by molar-refractivity contribution is -0.141. The third-order valence-electron chi connectivity index (χ3n) is 3.73. The van der Waals surface area contributed by atoms with E-state index in [1.807, 2.05) is 0 Å². The van der Waals surface area contributed by atoms with Crippen LogP contribution in [0.4, 0.5) is 0 Å². The van der Waals surface area contributed by atoms with Crippen molar-refractivity contribution in [2.45, 2.75) is 40.0 Å². The quantitative estimate of drug-likeness (QED) is 0.691. The molecule has 0 amide bonds. The Morgan fingerprint density at radius 3 is 2.05 bits per heavy atom. The fraction of sp³-hybridized carbons (Fsp3) is 0.933. The van der Waals surface area contributed by atoms with Crippen molar-refractivity contribution >= 4 is 5.97 Å². The Bertz CT molecular complexity index is 266. The normalized spacial score (nSPS) is 18.5. The van der Waals surface area contributed by atoms with Crippen molar-refractivity contribution in [1.29, 1.82) is 0 Å². The molecular weight excluding hydrogens is 240 g/mol. The molecule has 0 unspecified atom stereocenters. The van der Waals surface area contributed by atoms with E-state index in [9.17, 15) is 4.79 Å². The average molecular weight is 270 g/mol. The third-order valence-corrected chi connectivity index (χ3v) is 3.73. The van der Waals surface area contributed by atoms with Gasteiger partial charge in [0.2, 0.25) is 0 Å². The molecule has 0 saturated carbocycles. The Hall–Kier alpha value is -0.610. The standard InChI is InChI=1S/C15H30N2O2/c1-15(2,3)7-5-8-16-10-12-17(13-11-16)9-6-14(18)19-4/h5-13H2,1-4H3. The van der Waals surface area contributed by atoms with E-state index in [0.29, 0.717) is 11.8 Å². The van der Waals surface area contributed by atoms with E-state index in [4.69, 9.17) is 0 Å². The van der Waals surface area contributed by atoms with Crippen LogP contribution in [-0.2, 0) is 9.53 Å². The molecule has 0 aromatic carbocycles. The number of hydrogen-bond donors (Lipinski definition) is 0. The van der Waals surface area contributed by atoms with Gasteiger partial charge in [-0.1, -0.05) is 20.8 Å². The summed E-state index contributed by atoms with van der Waals surface area (Å²) in [6.07, 6.45) is 3.09. The molecule has 1 aliphatic heterocycles. The number of piperazine rings is 1. The Balaban J connectivity index is 2.10. The molecule has 0 aliphatic carbocycles. The van der Waals surface area contributed by atoms with E-state index in [0.717, 1.165) is 32.7 Å². The lowest BCUT2D eigenvalue weighted by Gasteiger charge is -2.35. The maximum atomic E-state index is 11.1. The van der Waals surface area contributed by atoms with Crippen molar-refractivity contribution in [2.75, 3.05) is 46.4 Å². The number of carbonyl (C=O) groups is 1. The van der Waals surface area contributed by atoms with Crippen molar-refractivity contribution in [2.24, 2.45) is 5.41 Å². The fourth-order valence-electron chi connectivity index (χ4n) is 2.42. The fourth-order valence-corrected chi connectivity index (χ4v) is 2.42. The molecule has 19 heavy (non-hydrogen) atoms. The van der Waals surface area contributed by atoms with Gasteiger partial charge < -0.3 is 14.5 Å². The molecule has 4 nitrogen and oxygen atoms in total. The maximum Gasteiger partial charge on any atom is 0.306 e. The van der Waals surface area contributed by atoms with E-state index in [1.54, 1.807) is 0 Å². The molecule has 0 atom stereocenters. The van der Waals surface area contributed by atoms with Gasteiger partial charge >= 0.3 is 5.97 Å². The minimum absolute atomic E-state index is 0.104. The topological polar surface area (TPSA) is 32.8 Å². The SMILES string of the molecule is COC(=O)CCN1CCN(CCCC(C)(C)C)CC1. The molecule has 112 valence electrons. The zero-order valence-electron chi connectivity index (χ0n) is 13.1. The van der Waals surface area contributed by atoms with Crippen LogP contribution in [0.25, 0.3) is 0 Å². The molecule has 1 rings (SSSR count). The van der Waals surface area contributed by atoms with Crippen LogP contribution >= 0.6 is 0 Å². The molecule has 0 N–H and O–H groups in total. The van der Waals surface area contributed by atoms with Crippen LogP contribution in [0.2, 0.25) is 0 Å². The zero-order chi connectivity index (χ0) is 14.3. The van der Waals surface area contributed by atoms with E-state index >= 15 is 0 Å². The number of carbonyl (C=O) groups excluding carboxylic acids is 1. The van der Waals surface area contributed by atoms with Crippen LogP contribution in [0, 0.1) is 5.41 Å². The second kappa shape index (κ2) is 7.85. The lowest BCUT2D eigenvalue weighted by Crippen LogP contribution is -2.47. The van der Waals surface area contributed by atoms with Gasteiger partial charge in [-0.2, -0.15) is 0 Å². The first-order chi connectivity index (χ1) is 8.90. The molecule has 1 heterocycles. The summed E-state index contributed by atoms with van der Waals surface area (Å²) < 4.78 is 4.67. The number of nitrogens with zero attached hydrogens (tertiary/aromatic N) is 2. The summed E-state index contributed by atoms with van der Waals surface area (Å²) in [6, 6.07) is 0. The van der Waals surface area contributed by atoms with Gasteiger partial charge in [-0.15, -0.1) is 0 Å². The summed E-state index contributed by atoms with van der Waals surface area (Å²) in [5.41, 5.74) is 0.447. The van der Waals surface area contributed by atoms with Crippen LogP contribution in [0.1, 0.15) is 40.0 Å². The number of rotatable bonds is 6. The molecule has 0 aromatic heterocycles. The maximum absolute atomic E-state index is 11.1. The first-order valence-corrected chi connectivity index (χ1v) is 7.42. The highest BCUT2D eigenvalue weighted by atomic mass is 16.5. The largest absolute Gasteiger partial charge is 0.469 e. The molecule has 1 fully saturated rings. The van der Waals surface area contributed by atoms with E-state index < -0.39 is 0 Å². The van der Waals surface area contributed by atoms with Gasteiger partial charge in [0.25, 0.3) is 0 Å². The number of methoxy groups -OCH3 is 1. The van der Waals surface area contributed by atoms with Crippen LogP contribution in [0.3, 0.4) is 0 Å². The number of esters is 1. The first-order valence-electron chi connectivity index (χ1n) is 7.42. The van der Waals surface area contributed by atoms with Crippen molar-refractivity contribution in [3.05, 3.63) is 0 Å². The van der Waals surface area contributed by atoms with Crippen LogP contribution in [-0.4, -0.2) is 62.1 Å². The highest BCUT2D eigenvalue weighted by Gasteiger charge is 2.18. The third kappa shape index (κ3) is 7.53. The molecule has 0 bridgehead atoms. The lowest BCUT2D eigenvalue weighted by atomic mass is 9.90. The summed E-state index contributed by atoms with van der Waals surface area (Å²) in [7, 11) is 1.45. The second-order valence-corrected chi connectivity index (χ2v) is 6.67. The van der Waals surface area contributed by atoms with Gasteiger partial charge in [0.05, 0.1) is 13.5 Å². The Morgan fingerprint density at radius 1 is 1.05 bits per heavy atom.